The third kappa shape index (κ3) is 5.69. The molecular weight excluding hydrogens is 346 g/mol. The highest BCUT2D eigenvalue weighted by Gasteiger charge is 2.15. The molecule has 2 aromatic rings. The molecule has 2 rings (SSSR count). The van der Waals surface area contributed by atoms with Gasteiger partial charge in [-0.1, -0.05) is 57.2 Å². The van der Waals surface area contributed by atoms with Crippen molar-refractivity contribution in [3.8, 4) is 0 Å². The van der Waals surface area contributed by atoms with Crippen molar-refractivity contribution in [2.45, 2.75) is 77.3 Å². The lowest BCUT2D eigenvalue weighted by atomic mass is 10.1. The lowest BCUT2D eigenvalue weighted by Crippen LogP contribution is -2.27. The first-order valence-corrected chi connectivity index (χ1v) is 10.8. The number of nitrogens with zero attached hydrogens (tertiary/aromatic N) is 4. The summed E-state index contributed by atoms with van der Waals surface area (Å²) in [5, 5.41) is 8.16. The summed E-state index contributed by atoms with van der Waals surface area (Å²) in [6, 6.07) is 0. The molecule has 2 heterocycles. The van der Waals surface area contributed by atoms with Crippen LogP contribution in [0, 0.1) is 13.8 Å². The van der Waals surface area contributed by atoms with Crippen molar-refractivity contribution in [1.29, 1.82) is 0 Å². The van der Waals surface area contributed by atoms with E-state index >= 15 is 0 Å². The Morgan fingerprint density at radius 3 is 2.46 bits per heavy atom. The number of carbonyl (C=O) groups excluding carboxylic acids is 1. The summed E-state index contributed by atoms with van der Waals surface area (Å²) in [6.07, 6.45) is 11.0. The SMILES string of the molecule is CCCCCCCCCNC(=O)Cc1c(C)nc2nc(SC)nn2c1C. The van der Waals surface area contributed by atoms with Crippen LogP contribution in [0.3, 0.4) is 0 Å². The molecule has 144 valence electrons. The number of thioether (sulfide) groups is 1. The summed E-state index contributed by atoms with van der Waals surface area (Å²) in [5.41, 5.74) is 2.72. The molecule has 0 saturated carbocycles. The molecule has 0 spiro atoms. The summed E-state index contributed by atoms with van der Waals surface area (Å²) in [6.45, 7) is 6.88. The van der Waals surface area contributed by atoms with Crippen LogP contribution in [0.15, 0.2) is 5.16 Å². The van der Waals surface area contributed by atoms with Gasteiger partial charge < -0.3 is 5.32 Å². The van der Waals surface area contributed by atoms with Crippen molar-refractivity contribution in [2.24, 2.45) is 0 Å². The first-order valence-electron chi connectivity index (χ1n) is 9.60. The molecule has 26 heavy (non-hydrogen) atoms. The molecule has 0 atom stereocenters. The standard InChI is InChI=1S/C19H31N5OS/c1-5-6-7-8-9-10-11-12-20-17(25)13-16-14(2)21-18-22-19(26-4)23-24(18)15(16)3/h5-13H2,1-4H3,(H,20,25). The van der Waals surface area contributed by atoms with Crippen molar-refractivity contribution in [1.82, 2.24) is 24.9 Å². The number of aryl methyl sites for hydroxylation is 2. The molecule has 1 amide bonds. The zero-order valence-corrected chi connectivity index (χ0v) is 17.3. The molecule has 2 aromatic heterocycles. The van der Waals surface area contributed by atoms with E-state index in [0.29, 0.717) is 17.4 Å². The molecule has 0 unspecified atom stereocenters. The molecule has 7 heteroatoms. The number of nitrogens with one attached hydrogen (secondary N) is 1. The first kappa shape index (κ1) is 20.7. The van der Waals surface area contributed by atoms with Crippen molar-refractivity contribution < 1.29 is 4.79 Å². The molecule has 0 aliphatic carbocycles. The van der Waals surface area contributed by atoms with E-state index in [-0.39, 0.29) is 5.91 Å². The predicted molar refractivity (Wildman–Crippen MR) is 107 cm³/mol. The van der Waals surface area contributed by atoms with Gasteiger partial charge in [-0.05, 0) is 26.5 Å². The first-order chi connectivity index (χ1) is 12.6. The minimum Gasteiger partial charge on any atom is -0.356 e. The summed E-state index contributed by atoms with van der Waals surface area (Å²) in [4.78, 5) is 21.2. The Kier molecular flexibility index (Phi) is 8.35. The van der Waals surface area contributed by atoms with Gasteiger partial charge in [0.2, 0.25) is 11.1 Å². The van der Waals surface area contributed by atoms with E-state index in [1.807, 2.05) is 20.1 Å². The van der Waals surface area contributed by atoms with E-state index in [9.17, 15) is 4.79 Å². The maximum absolute atomic E-state index is 12.3. The van der Waals surface area contributed by atoms with Gasteiger partial charge in [0.05, 0.1) is 6.42 Å². The minimum absolute atomic E-state index is 0.0496. The van der Waals surface area contributed by atoms with E-state index in [1.54, 1.807) is 4.52 Å². The molecule has 0 saturated heterocycles. The Morgan fingerprint density at radius 1 is 1.08 bits per heavy atom. The topological polar surface area (TPSA) is 72.2 Å². The fourth-order valence-electron chi connectivity index (χ4n) is 3.07. The van der Waals surface area contributed by atoms with Crippen LogP contribution in [-0.4, -0.2) is 38.3 Å². The molecular formula is C19H31N5OS. The van der Waals surface area contributed by atoms with E-state index in [2.05, 4.69) is 27.3 Å². The number of amides is 1. The van der Waals surface area contributed by atoms with E-state index in [1.165, 1.54) is 50.3 Å². The maximum atomic E-state index is 12.3. The summed E-state index contributed by atoms with van der Waals surface area (Å²) < 4.78 is 1.73. The molecule has 0 aromatic carbocycles. The third-order valence-electron chi connectivity index (χ3n) is 4.65. The third-order valence-corrected chi connectivity index (χ3v) is 5.19. The molecule has 0 radical (unpaired) electrons. The Balaban J connectivity index is 1.83. The van der Waals surface area contributed by atoms with Gasteiger partial charge in [0.15, 0.2) is 0 Å². The van der Waals surface area contributed by atoms with Crippen LogP contribution in [-0.2, 0) is 11.2 Å². The Bertz CT molecular complexity index is 728. The molecule has 6 nitrogen and oxygen atoms in total. The van der Waals surface area contributed by atoms with Gasteiger partial charge in [-0.3, -0.25) is 4.79 Å². The second kappa shape index (κ2) is 10.5. The lowest BCUT2D eigenvalue weighted by Gasteiger charge is -2.10. The summed E-state index contributed by atoms with van der Waals surface area (Å²) in [7, 11) is 0. The second-order valence-electron chi connectivity index (χ2n) is 6.72. The second-order valence-corrected chi connectivity index (χ2v) is 7.49. The number of rotatable bonds is 11. The molecule has 0 aliphatic rings. The highest BCUT2D eigenvalue weighted by molar-refractivity contribution is 7.98. The predicted octanol–water partition coefficient (Wildman–Crippen LogP) is 3.87. The normalized spacial score (nSPS) is 11.2. The van der Waals surface area contributed by atoms with E-state index in [4.69, 9.17) is 0 Å². The van der Waals surface area contributed by atoms with Crippen molar-refractivity contribution in [3.05, 3.63) is 17.0 Å². The quantitative estimate of drug-likeness (QED) is 0.475. The van der Waals surface area contributed by atoms with Gasteiger partial charge in [-0.2, -0.15) is 4.98 Å². The molecule has 0 fully saturated rings. The Hall–Kier alpha value is -1.63. The van der Waals surface area contributed by atoms with Crippen molar-refractivity contribution >= 4 is 23.4 Å². The number of hydrogen-bond acceptors (Lipinski definition) is 5. The minimum atomic E-state index is 0.0496. The molecule has 0 aliphatic heterocycles. The molecule has 0 bridgehead atoms. The van der Waals surface area contributed by atoms with Crippen LogP contribution < -0.4 is 5.32 Å². The molecule has 1 N–H and O–H groups in total. The van der Waals surface area contributed by atoms with Crippen LogP contribution in [0.5, 0.6) is 0 Å². The van der Waals surface area contributed by atoms with Crippen LogP contribution >= 0.6 is 11.8 Å². The number of fused-ring (bicyclic) bond motifs is 1. The van der Waals surface area contributed by atoms with Crippen LogP contribution in [0.4, 0.5) is 0 Å². The summed E-state index contributed by atoms with van der Waals surface area (Å²) >= 11 is 1.49. The van der Waals surface area contributed by atoms with Gasteiger partial charge in [0.25, 0.3) is 5.78 Å². The average molecular weight is 378 g/mol. The largest absolute Gasteiger partial charge is 0.356 e. The van der Waals surface area contributed by atoms with Crippen LogP contribution in [0.1, 0.15) is 68.8 Å². The van der Waals surface area contributed by atoms with Gasteiger partial charge in [-0.15, -0.1) is 5.10 Å². The summed E-state index contributed by atoms with van der Waals surface area (Å²) in [5.74, 6) is 0.644. The number of unbranched alkanes of at least 4 members (excludes halogenated alkanes) is 6. The average Bonchev–Trinajstić information content (AvgIpc) is 3.04. The van der Waals surface area contributed by atoms with Crippen LogP contribution in [0.25, 0.3) is 5.78 Å². The van der Waals surface area contributed by atoms with Crippen molar-refractivity contribution in [2.75, 3.05) is 12.8 Å². The van der Waals surface area contributed by atoms with Gasteiger partial charge in [-0.25, -0.2) is 9.50 Å². The number of aromatic nitrogens is 4. The Labute approximate surface area is 160 Å². The van der Waals surface area contributed by atoms with Gasteiger partial charge in [0, 0.05) is 23.5 Å². The highest BCUT2D eigenvalue weighted by Crippen LogP contribution is 2.17. The zero-order valence-electron chi connectivity index (χ0n) is 16.5. The fraction of sp³-hybridized carbons (Fsp3) is 0.684. The smallest absolute Gasteiger partial charge is 0.253 e. The van der Waals surface area contributed by atoms with E-state index in [0.717, 1.165) is 29.9 Å². The highest BCUT2D eigenvalue weighted by atomic mass is 32.2. The number of hydrogen-bond donors (Lipinski definition) is 1. The lowest BCUT2D eigenvalue weighted by molar-refractivity contribution is -0.120. The van der Waals surface area contributed by atoms with Crippen LogP contribution in [0.2, 0.25) is 0 Å². The van der Waals surface area contributed by atoms with Crippen molar-refractivity contribution in [3.63, 3.8) is 0 Å². The van der Waals surface area contributed by atoms with E-state index < -0.39 is 0 Å². The Morgan fingerprint density at radius 2 is 1.77 bits per heavy atom. The van der Waals surface area contributed by atoms with Gasteiger partial charge >= 0.3 is 0 Å². The zero-order chi connectivity index (χ0) is 18.9. The number of carbonyl (C=O) groups is 1. The van der Waals surface area contributed by atoms with Gasteiger partial charge in [0.1, 0.15) is 0 Å². The fourth-order valence-corrected chi connectivity index (χ4v) is 3.40. The monoisotopic (exact) mass is 377 g/mol. The maximum Gasteiger partial charge on any atom is 0.253 e.